The summed E-state index contributed by atoms with van der Waals surface area (Å²) in [4.78, 5) is 18.8. The van der Waals surface area contributed by atoms with Gasteiger partial charge in [-0.05, 0) is 80.1 Å². The number of hydrogen-bond donors (Lipinski definition) is 2. The average Bonchev–Trinajstić information content (AvgIpc) is 3.21. The SMILES string of the molecule is COc1ccc2[nH]cc(CN3CCC(C(=O)NC4CCCc5ccccc54)CC3)c2c1. The van der Waals surface area contributed by atoms with E-state index in [0.29, 0.717) is 0 Å². The molecule has 2 aromatic carbocycles. The fourth-order valence-electron chi connectivity index (χ4n) is 5.20. The summed E-state index contributed by atoms with van der Waals surface area (Å²) in [5.74, 6) is 1.24. The smallest absolute Gasteiger partial charge is 0.223 e. The first-order valence-corrected chi connectivity index (χ1v) is 11.5. The van der Waals surface area contributed by atoms with Crippen LogP contribution < -0.4 is 10.1 Å². The maximum atomic E-state index is 13.0. The number of aryl methyl sites for hydroxylation is 1. The Morgan fingerprint density at radius 3 is 2.84 bits per heavy atom. The van der Waals surface area contributed by atoms with E-state index in [1.807, 2.05) is 6.07 Å². The lowest BCUT2D eigenvalue weighted by Crippen LogP contribution is -2.41. The van der Waals surface area contributed by atoms with Crippen LogP contribution in [0.15, 0.2) is 48.7 Å². The Bertz CT molecular complexity index is 1070. The van der Waals surface area contributed by atoms with Gasteiger partial charge in [0, 0.05) is 29.6 Å². The van der Waals surface area contributed by atoms with E-state index in [1.165, 1.54) is 22.1 Å². The molecule has 1 atom stereocenters. The minimum Gasteiger partial charge on any atom is -0.497 e. The van der Waals surface area contributed by atoms with E-state index in [-0.39, 0.29) is 17.9 Å². The first-order chi connectivity index (χ1) is 15.2. The van der Waals surface area contributed by atoms with Gasteiger partial charge in [-0.25, -0.2) is 0 Å². The van der Waals surface area contributed by atoms with E-state index in [9.17, 15) is 4.79 Å². The molecule has 5 heteroatoms. The number of ether oxygens (including phenoxy) is 1. The van der Waals surface area contributed by atoms with Crippen LogP contribution in [0.4, 0.5) is 0 Å². The molecule has 1 unspecified atom stereocenters. The predicted molar refractivity (Wildman–Crippen MR) is 123 cm³/mol. The number of likely N-dealkylation sites (tertiary alicyclic amines) is 1. The van der Waals surface area contributed by atoms with Gasteiger partial charge in [-0.15, -0.1) is 0 Å². The van der Waals surface area contributed by atoms with Crippen molar-refractivity contribution in [1.82, 2.24) is 15.2 Å². The zero-order valence-corrected chi connectivity index (χ0v) is 18.2. The number of methoxy groups -OCH3 is 1. The van der Waals surface area contributed by atoms with Crippen molar-refractivity contribution in [3.8, 4) is 5.75 Å². The molecule has 0 saturated carbocycles. The second-order valence-corrected chi connectivity index (χ2v) is 8.93. The van der Waals surface area contributed by atoms with Crippen LogP contribution in [-0.2, 0) is 17.8 Å². The monoisotopic (exact) mass is 417 g/mol. The molecule has 5 rings (SSSR count). The van der Waals surface area contributed by atoms with Crippen molar-refractivity contribution in [3.05, 3.63) is 65.4 Å². The van der Waals surface area contributed by atoms with E-state index in [4.69, 9.17) is 4.74 Å². The highest BCUT2D eigenvalue weighted by molar-refractivity contribution is 5.84. The maximum Gasteiger partial charge on any atom is 0.223 e. The standard InChI is InChI=1S/C26H31N3O2/c1-31-21-9-10-24-23(15-21)20(16-27-24)17-29-13-11-19(12-14-29)26(30)28-25-8-4-6-18-5-2-3-7-22(18)25/h2-3,5,7,9-10,15-16,19,25,27H,4,6,8,11-14,17H2,1H3,(H,28,30). The molecule has 0 bridgehead atoms. The van der Waals surface area contributed by atoms with Crippen LogP contribution in [-0.4, -0.2) is 36.0 Å². The Balaban J connectivity index is 1.18. The second-order valence-electron chi connectivity index (χ2n) is 8.93. The minimum atomic E-state index is 0.119. The zero-order valence-electron chi connectivity index (χ0n) is 18.2. The molecule has 1 amide bonds. The van der Waals surface area contributed by atoms with Gasteiger partial charge in [0.2, 0.25) is 5.91 Å². The molecule has 2 N–H and O–H groups in total. The van der Waals surface area contributed by atoms with Crippen LogP contribution in [0, 0.1) is 5.92 Å². The van der Waals surface area contributed by atoms with Gasteiger partial charge < -0.3 is 15.0 Å². The van der Waals surface area contributed by atoms with Crippen LogP contribution in [0.1, 0.15) is 48.4 Å². The number of nitrogens with one attached hydrogen (secondary N) is 2. The summed E-state index contributed by atoms with van der Waals surface area (Å²) >= 11 is 0. The number of carbonyl (C=O) groups excluding carboxylic acids is 1. The minimum absolute atomic E-state index is 0.119. The van der Waals surface area contributed by atoms with Gasteiger partial charge in [-0.2, -0.15) is 0 Å². The van der Waals surface area contributed by atoms with Gasteiger partial charge in [-0.1, -0.05) is 24.3 Å². The van der Waals surface area contributed by atoms with Crippen molar-refractivity contribution in [1.29, 1.82) is 0 Å². The van der Waals surface area contributed by atoms with Crippen LogP contribution in [0.2, 0.25) is 0 Å². The number of carbonyl (C=O) groups is 1. The van der Waals surface area contributed by atoms with E-state index >= 15 is 0 Å². The third kappa shape index (κ3) is 4.19. The Labute approximate surface area is 183 Å². The van der Waals surface area contributed by atoms with Crippen molar-refractivity contribution >= 4 is 16.8 Å². The summed E-state index contributed by atoms with van der Waals surface area (Å²) in [5, 5.41) is 4.58. The molecular formula is C26H31N3O2. The molecule has 0 spiro atoms. The quantitative estimate of drug-likeness (QED) is 0.639. The zero-order chi connectivity index (χ0) is 21.2. The summed E-state index contributed by atoms with van der Waals surface area (Å²) < 4.78 is 5.39. The molecule has 1 aliphatic carbocycles. The van der Waals surface area contributed by atoms with E-state index < -0.39 is 0 Å². The number of benzene rings is 2. The lowest BCUT2D eigenvalue weighted by molar-refractivity contribution is -0.127. The molecule has 3 aromatic rings. The number of rotatable bonds is 5. The number of fused-ring (bicyclic) bond motifs is 2. The fraction of sp³-hybridized carbons (Fsp3) is 0.423. The number of amides is 1. The molecule has 1 fully saturated rings. The molecule has 162 valence electrons. The highest BCUT2D eigenvalue weighted by Gasteiger charge is 2.28. The molecule has 5 nitrogen and oxygen atoms in total. The fourth-order valence-corrected chi connectivity index (χ4v) is 5.20. The Morgan fingerprint density at radius 1 is 1.16 bits per heavy atom. The largest absolute Gasteiger partial charge is 0.497 e. The first kappa shape index (κ1) is 20.1. The van der Waals surface area contributed by atoms with E-state index in [1.54, 1.807) is 7.11 Å². The van der Waals surface area contributed by atoms with Crippen LogP contribution in [0.3, 0.4) is 0 Å². The van der Waals surface area contributed by atoms with E-state index in [2.05, 4.69) is 57.8 Å². The van der Waals surface area contributed by atoms with E-state index in [0.717, 1.165) is 63.0 Å². The topological polar surface area (TPSA) is 57.4 Å². The normalized spacial score (nSPS) is 19.8. The highest BCUT2D eigenvalue weighted by Crippen LogP contribution is 2.31. The molecular weight excluding hydrogens is 386 g/mol. The third-order valence-electron chi connectivity index (χ3n) is 7.01. The van der Waals surface area contributed by atoms with Gasteiger partial charge in [0.05, 0.1) is 13.2 Å². The number of aromatic amines is 1. The summed E-state index contributed by atoms with van der Waals surface area (Å²) in [7, 11) is 1.70. The molecule has 0 radical (unpaired) electrons. The Kier molecular flexibility index (Phi) is 5.68. The molecule has 1 aromatic heterocycles. The van der Waals surface area contributed by atoms with Crippen molar-refractivity contribution < 1.29 is 9.53 Å². The Morgan fingerprint density at radius 2 is 2.00 bits per heavy atom. The summed E-state index contributed by atoms with van der Waals surface area (Å²) in [6, 6.07) is 14.9. The van der Waals surface area contributed by atoms with Crippen molar-refractivity contribution in [2.75, 3.05) is 20.2 Å². The van der Waals surface area contributed by atoms with Gasteiger partial charge in [-0.3, -0.25) is 9.69 Å². The first-order valence-electron chi connectivity index (χ1n) is 11.5. The predicted octanol–water partition coefficient (Wildman–Crippen LogP) is 4.58. The second kappa shape index (κ2) is 8.75. The molecule has 1 saturated heterocycles. The number of hydrogen-bond acceptors (Lipinski definition) is 3. The molecule has 2 heterocycles. The lowest BCUT2D eigenvalue weighted by atomic mass is 9.87. The summed E-state index contributed by atoms with van der Waals surface area (Å²) in [5.41, 5.74) is 5.13. The Hall–Kier alpha value is -2.79. The molecule has 31 heavy (non-hydrogen) atoms. The number of nitrogens with zero attached hydrogens (tertiary/aromatic N) is 1. The van der Waals surface area contributed by atoms with Crippen LogP contribution in [0.25, 0.3) is 10.9 Å². The molecule has 1 aliphatic heterocycles. The average molecular weight is 418 g/mol. The highest BCUT2D eigenvalue weighted by atomic mass is 16.5. The van der Waals surface area contributed by atoms with Crippen molar-refractivity contribution in [2.45, 2.75) is 44.7 Å². The summed E-state index contributed by atoms with van der Waals surface area (Å²) in [6.07, 6.45) is 7.27. The maximum absolute atomic E-state index is 13.0. The molecule has 2 aliphatic rings. The number of piperidine rings is 1. The number of H-pyrrole nitrogens is 1. The van der Waals surface area contributed by atoms with Crippen LogP contribution >= 0.6 is 0 Å². The van der Waals surface area contributed by atoms with Gasteiger partial charge in [0.25, 0.3) is 0 Å². The third-order valence-corrected chi connectivity index (χ3v) is 7.01. The lowest BCUT2D eigenvalue weighted by Gasteiger charge is -2.33. The van der Waals surface area contributed by atoms with Gasteiger partial charge in [0.1, 0.15) is 5.75 Å². The number of aromatic nitrogens is 1. The van der Waals surface area contributed by atoms with Gasteiger partial charge >= 0.3 is 0 Å². The van der Waals surface area contributed by atoms with Crippen molar-refractivity contribution in [3.63, 3.8) is 0 Å². The summed E-state index contributed by atoms with van der Waals surface area (Å²) in [6.45, 7) is 2.81. The van der Waals surface area contributed by atoms with Gasteiger partial charge in [0.15, 0.2) is 0 Å². The van der Waals surface area contributed by atoms with Crippen molar-refractivity contribution in [2.24, 2.45) is 5.92 Å². The van der Waals surface area contributed by atoms with Crippen LogP contribution in [0.5, 0.6) is 5.75 Å².